The molecule has 3 nitrogen and oxygen atoms in total. The smallest absolute Gasteiger partial charge is 0.124 e. The van der Waals surface area contributed by atoms with E-state index in [-0.39, 0.29) is 6.04 Å². The van der Waals surface area contributed by atoms with Crippen molar-refractivity contribution in [2.75, 3.05) is 7.11 Å². The Morgan fingerprint density at radius 3 is 2.52 bits per heavy atom. The van der Waals surface area contributed by atoms with Crippen LogP contribution < -0.4 is 16.0 Å². The van der Waals surface area contributed by atoms with Gasteiger partial charge in [-0.2, -0.15) is 0 Å². The van der Waals surface area contributed by atoms with Crippen LogP contribution in [0.25, 0.3) is 0 Å². The van der Waals surface area contributed by atoms with Gasteiger partial charge in [-0.1, -0.05) is 56.3 Å². The zero-order valence-electron chi connectivity index (χ0n) is 13.0. The maximum absolute atomic E-state index is 5.81. The van der Waals surface area contributed by atoms with Crippen LogP contribution in [-0.2, 0) is 6.42 Å². The van der Waals surface area contributed by atoms with Gasteiger partial charge in [0.15, 0.2) is 0 Å². The molecule has 0 radical (unpaired) electrons. The monoisotopic (exact) mass is 284 g/mol. The fourth-order valence-electron chi connectivity index (χ4n) is 2.64. The summed E-state index contributed by atoms with van der Waals surface area (Å²) >= 11 is 0. The van der Waals surface area contributed by atoms with Gasteiger partial charge >= 0.3 is 0 Å². The minimum atomic E-state index is -0.0757. The Balaban J connectivity index is 2.37. The quantitative estimate of drug-likeness (QED) is 0.631. The van der Waals surface area contributed by atoms with E-state index in [0.717, 1.165) is 23.3 Å². The second-order valence-corrected chi connectivity index (χ2v) is 5.68. The van der Waals surface area contributed by atoms with E-state index >= 15 is 0 Å². The number of benzene rings is 2. The van der Waals surface area contributed by atoms with Crippen LogP contribution in [0.2, 0.25) is 0 Å². The molecule has 0 spiro atoms. The molecule has 0 aliphatic carbocycles. The summed E-state index contributed by atoms with van der Waals surface area (Å²) in [5, 5.41) is 0. The van der Waals surface area contributed by atoms with Crippen LogP contribution in [0.1, 0.15) is 36.6 Å². The third kappa shape index (κ3) is 3.84. The van der Waals surface area contributed by atoms with E-state index < -0.39 is 0 Å². The van der Waals surface area contributed by atoms with E-state index in [2.05, 4.69) is 43.5 Å². The van der Waals surface area contributed by atoms with E-state index in [1.807, 2.05) is 24.3 Å². The zero-order chi connectivity index (χ0) is 15.2. The third-order valence-corrected chi connectivity index (χ3v) is 3.54. The second-order valence-electron chi connectivity index (χ2n) is 5.68. The highest BCUT2D eigenvalue weighted by molar-refractivity contribution is 5.42. The molecule has 112 valence electrons. The first-order chi connectivity index (χ1) is 10.2. The Morgan fingerprint density at radius 1 is 1.10 bits per heavy atom. The highest BCUT2D eigenvalue weighted by Crippen LogP contribution is 2.29. The van der Waals surface area contributed by atoms with Gasteiger partial charge in [-0.3, -0.25) is 5.84 Å². The van der Waals surface area contributed by atoms with Crippen molar-refractivity contribution in [1.29, 1.82) is 0 Å². The van der Waals surface area contributed by atoms with Crippen LogP contribution in [0.15, 0.2) is 48.5 Å². The van der Waals surface area contributed by atoms with E-state index in [4.69, 9.17) is 10.6 Å². The summed E-state index contributed by atoms with van der Waals surface area (Å²) in [6.07, 6.45) is 1.07. The fourth-order valence-corrected chi connectivity index (χ4v) is 2.64. The molecule has 0 fully saturated rings. The van der Waals surface area contributed by atoms with Crippen molar-refractivity contribution >= 4 is 0 Å². The summed E-state index contributed by atoms with van der Waals surface area (Å²) in [6.45, 7) is 4.46. The largest absolute Gasteiger partial charge is 0.496 e. The molecule has 3 N–H and O–H groups in total. The standard InChI is InChI=1S/C18H24N2O/c1-13(2)11-14-7-6-8-15(12-14)18(20-19)16-9-4-5-10-17(16)21-3/h4-10,12-13,18,20H,11,19H2,1-3H3. The Kier molecular flexibility index (Phi) is 5.37. The summed E-state index contributed by atoms with van der Waals surface area (Å²) in [7, 11) is 1.68. The molecule has 0 aliphatic rings. The van der Waals surface area contributed by atoms with E-state index in [9.17, 15) is 0 Å². The summed E-state index contributed by atoms with van der Waals surface area (Å²) < 4.78 is 5.45. The topological polar surface area (TPSA) is 47.3 Å². The molecule has 2 aromatic rings. The Labute approximate surface area is 127 Å². The van der Waals surface area contributed by atoms with E-state index in [1.165, 1.54) is 5.56 Å². The highest BCUT2D eigenvalue weighted by Gasteiger charge is 2.16. The van der Waals surface area contributed by atoms with Crippen molar-refractivity contribution in [3.8, 4) is 5.75 Å². The number of rotatable bonds is 6. The number of nitrogens with two attached hydrogens (primary N) is 1. The van der Waals surface area contributed by atoms with Crippen LogP contribution in [0.5, 0.6) is 5.75 Å². The van der Waals surface area contributed by atoms with Crippen LogP contribution in [-0.4, -0.2) is 7.11 Å². The molecule has 1 unspecified atom stereocenters. The van der Waals surface area contributed by atoms with Crippen molar-refractivity contribution in [2.24, 2.45) is 11.8 Å². The number of methoxy groups -OCH3 is 1. The van der Waals surface area contributed by atoms with Gasteiger partial charge < -0.3 is 4.74 Å². The van der Waals surface area contributed by atoms with Gasteiger partial charge in [0.05, 0.1) is 13.2 Å². The van der Waals surface area contributed by atoms with Crippen molar-refractivity contribution in [3.63, 3.8) is 0 Å². The number of nitrogens with one attached hydrogen (secondary N) is 1. The summed E-state index contributed by atoms with van der Waals surface area (Å²) in [5.41, 5.74) is 6.44. The molecular formula is C18H24N2O. The predicted octanol–water partition coefficient (Wildman–Crippen LogP) is 3.45. The first-order valence-electron chi connectivity index (χ1n) is 7.33. The number of ether oxygens (including phenoxy) is 1. The molecule has 0 amide bonds. The predicted molar refractivity (Wildman–Crippen MR) is 87.1 cm³/mol. The number of hydrazine groups is 1. The molecule has 3 heteroatoms. The van der Waals surface area contributed by atoms with Crippen LogP contribution in [0, 0.1) is 5.92 Å². The minimum Gasteiger partial charge on any atom is -0.496 e. The number of hydrogen-bond acceptors (Lipinski definition) is 3. The normalized spacial score (nSPS) is 12.4. The Hall–Kier alpha value is -1.84. The summed E-state index contributed by atoms with van der Waals surface area (Å²) in [4.78, 5) is 0. The number of hydrogen-bond donors (Lipinski definition) is 2. The average molecular weight is 284 g/mol. The van der Waals surface area contributed by atoms with Crippen LogP contribution >= 0.6 is 0 Å². The molecular weight excluding hydrogens is 260 g/mol. The SMILES string of the molecule is COc1ccccc1C(NN)c1cccc(CC(C)C)c1. The lowest BCUT2D eigenvalue weighted by molar-refractivity contribution is 0.404. The molecule has 1 atom stereocenters. The lowest BCUT2D eigenvalue weighted by Crippen LogP contribution is -2.29. The summed E-state index contributed by atoms with van der Waals surface area (Å²) in [6, 6.07) is 16.5. The lowest BCUT2D eigenvalue weighted by atomic mass is 9.94. The van der Waals surface area contributed by atoms with E-state index in [0.29, 0.717) is 5.92 Å². The molecule has 21 heavy (non-hydrogen) atoms. The van der Waals surface area contributed by atoms with Crippen LogP contribution in [0.3, 0.4) is 0 Å². The fraction of sp³-hybridized carbons (Fsp3) is 0.333. The lowest BCUT2D eigenvalue weighted by Gasteiger charge is -2.20. The van der Waals surface area contributed by atoms with Gasteiger partial charge in [-0.05, 0) is 29.5 Å². The molecule has 2 rings (SSSR count). The summed E-state index contributed by atoms with van der Waals surface area (Å²) in [5.74, 6) is 7.28. The maximum atomic E-state index is 5.81. The molecule has 0 aliphatic heterocycles. The molecule has 0 saturated carbocycles. The number of para-hydroxylation sites is 1. The zero-order valence-corrected chi connectivity index (χ0v) is 13.0. The van der Waals surface area contributed by atoms with Gasteiger partial charge in [-0.15, -0.1) is 0 Å². The first kappa shape index (κ1) is 15.5. The van der Waals surface area contributed by atoms with Crippen molar-refractivity contribution < 1.29 is 4.74 Å². The first-order valence-corrected chi connectivity index (χ1v) is 7.33. The van der Waals surface area contributed by atoms with Crippen molar-refractivity contribution in [3.05, 3.63) is 65.2 Å². The van der Waals surface area contributed by atoms with Gasteiger partial charge in [0.1, 0.15) is 5.75 Å². The Bertz CT molecular complexity index is 581. The van der Waals surface area contributed by atoms with E-state index in [1.54, 1.807) is 7.11 Å². The van der Waals surface area contributed by atoms with Gasteiger partial charge in [0.2, 0.25) is 0 Å². The Morgan fingerprint density at radius 2 is 1.86 bits per heavy atom. The highest BCUT2D eigenvalue weighted by atomic mass is 16.5. The molecule has 0 saturated heterocycles. The maximum Gasteiger partial charge on any atom is 0.124 e. The van der Waals surface area contributed by atoms with Crippen molar-refractivity contribution in [2.45, 2.75) is 26.3 Å². The van der Waals surface area contributed by atoms with Gasteiger partial charge in [0, 0.05) is 5.56 Å². The van der Waals surface area contributed by atoms with Crippen LogP contribution in [0.4, 0.5) is 0 Å². The molecule has 0 aromatic heterocycles. The second kappa shape index (κ2) is 7.25. The minimum absolute atomic E-state index is 0.0757. The third-order valence-electron chi connectivity index (χ3n) is 3.54. The molecule has 0 bridgehead atoms. The molecule has 0 heterocycles. The average Bonchev–Trinajstić information content (AvgIpc) is 2.48. The molecule has 2 aromatic carbocycles. The van der Waals surface area contributed by atoms with Crippen molar-refractivity contribution in [1.82, 2.24) is 5.43 Å². The van der Waals surface area contributed by atoms with Gasteiger partial charge in [0.25, 0.3) is 0 Å². The van der Waals surface area contributed by atoms with Gasteiger partial charge in [-0.25, -0.2) is 5.43 Å².